The molecule has 0 aliphatic heterocycles. The van der Waals surface area contributed by atoms with Crippen molar-refractivity contribution < 1.29 is 0 Å². The zero-order valence-electron chi connectivity index (χ0n) is 4.94. The molecule has 0 aromatic heterocycles. The largest absolute Gasteiger partial charge is 0.297 e. The molecule has 4 heteroatoms. The third kappa shape index (κ3) is 1.81. The summed E-state index contributed by atoms with van der Waals surface area (Å²) >= 11 is 12.8. The summed E-state index contributed by atoms with van der Waals surface area (Å²) < 4.78 is 0.994. The van der Waals surface area contributed by atoms with Crippen LogP contribution in [0.3, 0.4) is 0 Å². The molecule has 10 heavy (non-hydrogen) atoms. The van der Waals surface area contributed by atoms with Crippen LogP contribution in [-0.4, -0.2) is 0 Å². The Bertz CT molecular complexity index is 241. The number of rotatable bonds is 1. The van der Waals surface area contributed by atoms with Crippen molar-refractivity contribution in [3.05, 3.63) is 22.7 Å². The van der Waals surface area contributed by atoms with Gasteiger partial charge in [0.25, 0.3) is 0 Å². The Morgan fingerprint density at radius 1 is 1.50 bits per heavy atom. The van der Waals surface area contributed by atoms with E-state index in [-0.39, 0.29) is 0 Å². The molecule has 0 bridgehead atoms. The summed E-state index contributed by atoms with van der Waals surface area (Å²) in [5, 5.41) is 0. The van der Waals surface area contributed by atoms with Crippen molar-refractivity contribution in [2.75, 3.05) is 4.84 Å². The molecule has 0 amide bonds. The Morgan fingerprint density at radius 3 is 2.70 bits per heavy atom. The van der Waals surface area contributed by atoms with Crippen LogP contribution in [0.1, 0.15) is 0 Å². The number of halogens is 2. The van der Waals surface area contributed by atoms with Crippen LogP contribution in [0.15, 0.2) is 27.6 Å². The first-order valence-electron chi connectivity index (χ1n) is 2.59. The van der Waals surface area contributed by atoms with Crippen molar-refractivity contribution in [1.29, 1.82) is 0 Å². The number of hydrogen-bond donors (Lipinski definition) is 2. The van der Waals surface area contributed by atoms with Gasteiger partial charge in [0.1, 0.15) is 0 Å². The van der Waals surface area contributed by atoms with Crippen LogP contribution in [0.2, 0.25) is 0 Å². The van der Waals surface area contributed by atoms with E-state index in [1.165, 1.54) is 0 Å². The molecule has 0 unspecified atom stereocenters. The van der Waals surface area contributed by atoms with Gasteiger partial charge in [0.05, 0.1) is 5.69 Å². The number of benzene rings is 1. The zero-order valence-corrected chi connectivity index (χ0v) is 8.17. The van der Waals surface area contributed by atoms with Gasteiger partial charge in [-0.3, -0.25) is 4.84 Å². The smallest absolute Gasteiger partial charge is 0.0625 e. The molecule has 0 aliphatic rings. The normalized spacial score (nSPS) is 9.50. The van der Waals surface area contributed by atoms with Crippen molar-refractivity contribution in [3.8, 4) is 0 Å². The minimum absolute atomic E-state index is 0.813. The lowest BCUT2D eigenvalue weighted by atomic mass is 10.3. The second kappa shape index (κ2) is 3.51. The first-order valence-corrected chi connectivity index (χ1v) is 4.21. The predicted octanol–water partition coefficient (Wildman–Crippen LogP) is 3.30. The van der Waals surface area contributed by atoms with E-state index in [4.69, 9.17) is 11.8 Å². The van der Waals surface area contributed by atoms with E-state index < -0.39 is 0 Å². The fourth-order valence-electron chi connectivity index (χ4n) is 0.585. The van der Waals surface area contributed by atoms with Gasteiger partial charge < -0.3 is 0 Å². The molecule has 0 radical (unpaired) electrons. The summed E-state index contributed by atoms with van der Waals surface area (Å²) in [6, 6.07) is 5.61. The average molecular weight is 239 g/mol. The Balaban J connectivity index is 3.07. The van der Waals surface area contributed by atoms with E-state index in [9.17, 15) is 0 Å². The molecular formula is C6H5BrClNS. The van der Waals surface area contributed by atoms with Crippen LogP contribution in [0.25, 0.3) is 0 Å². The standard InChI is InChI=1S/C6H5BrClNS/c7-4-1-2-5(9-8)6(10)3-4/h1-3,9-10H. The number of nitrogens with one attached hydrogen (secondary N) is 1. The van der Waals surface area contributed by atoms with Gasteiger partial charge in [-0.1, -0.05) is 15.9 Å². The first-order chi connectivity index (χ1) is 4.74. The molecule has 1 aromatic carbocycles. The minimum Gasteiger partial charge on any atom is -0.297 e. The van der Waals surface area contributed by atoms with E-state index in [1.54, 1.807) is 0 Å². The van der Waals surface area contributed by atoms with Gasteiger partial charge in [0, 0.05) is 21.1 Å². The van der Waals surface area contributed by atoms with E-state index >= 15 is 0 Å². The highest BCUT2D eigenvalue weighted by Gasteiger charge is 1.95. The molecule has 0 atom stereocenters. The molecule has 1 nitrogen and oxygen atoms in total. The molecule has 0 spiro atoms. The van der Waals surface area contributed by atoms with Gasteiger partial charge in [-0.25, -0.2) is 0 Å². The average Bonchev–Trinajstić information content (AvgIpc) is 1.88. The summed E-state index contributed by atoms with van der Waals surface area (Å²) in [4.78, 5) is 3.32. The molecule has 0 heterocycles. The monoisotopic (exact) mass is 237 g/mol. The summed E-state index contributed by atoms with van der Waals surface area (Å²) in [6.45, 7) is 0. The van der Waals surface area contributed by atoms with Gasteiger partial charge in [-0.05, 0) is 18.2 Å². The SMILES string of the molecule is Sc1cc(Br)ccc1NCl. The van der Waals surface area contributed by atoms with Crippen LogP contribution in [-0.2, 0) is 0 Å². The molecule has 0 fully saturated rings. The molecular weight excluding hydrogens is 233 g/mol. The number of anilines is 1. The zero-order chi connectivity index (χ0) is 7.56. The van der Waals surface area contributed by atoms with E-state index in [1.807, 2.05) is 18.2 Å². The number of thiol groups is 1. The van der Waals surface area contributed by atoms with E-state index in [2.05, 4.69) is 33.4 Å². The lowest BCUT2D eigenvalue weighted by Crippen LogP contribution is -1.81. The highest BCUT2D eigenvalue weighted by Crippen LogP contribution is 2.24. The Morgan fingerprint density at radius 2 is 2.20 bits per heavy atom. The van der Waals surface area contributed by atoms with E-state index in [0.717, 1.165) is 15.1 Å². The fraction of sp³-hybridized carbons (Fsp3) is 0. The van der Waals surface area contributed by atoms with Crippen molar-refractivity contribution in [2.45, 2.75) is 4.90 Å². The summed E-state index contributed by atoms with van der Waals surface area (Å²) in [7, 11) is 0. The molecule has 54 valence electrons. The van der Waals surface area contributed by atoms with Crippen molar-refractivity contribution >= 4 is 46.0 Å². The molecule has 1 N–H and O–H groups in total. The predicted molar refractivity (Wildman–Crippen MR) is 50.9 cm³/mol. The highest BCUT2D eigenvalue weighted by atomic mass is 79.9. The molecule has 1 aromatic rings. The second-order valence-electron chi connectivity index (χ2n) is 1.76. The second-order valence-corrected chi connectivity index (χ2v) is 3.34. The van der Waals surface area contributed by atoms with Crippen LogP contribution in [0, 0.1) is 0 Å². The van der Waals surface area contributed by atoms with Crippen LogP contribution in [0.4, 0.5) is 5.69 Å². The highest BCUT2D eigenvalue weighted by molar-refractivity contribution is 9.10. The summed E-state index contributed by atoms with van der Waals surface area (Å²) in [5.74, 6) is 0. The Kier molecular flexibility index (Phi) is 2.89. The molecule has 0 aliphatic carbocycles. The summed E-state index contributed by atoms with van der Waals surface area (Å²) in [6.07, 6.45) is 0. The third-order valence-electron chi connectivity index (χ3n) is 1.06. The maximum atomic E-state index is 5.37. The molecule has 1 rings (SSSR count). The van der Waals surface area contributed by atoms with Gasteiger partial charge in [-0.2, -0.15) is 0 Å². The summed E-state index contributed by atoms with van der Waals surface area (Å²) in [5.41, 5.74) is 0.813. The molecule has 0 saturated heterocycles. The van der Waals surface area contributed by atoms with Gasteiger partial charge in [0.2, 0.25) is 0 Å². The van der Waals surface area contributed by atoms with Crippen LogP contribution < -0.4 is 4.84 Å². The van der Waals surface area contributed by atoms with Crippen LogP contribution >= 0.6 is 40.3 Å². The van der Waals surface area contributed by atoms with Gasteiger partial charge in [-0.15, -0.1) is 12.6 Å². The van der Waals surface area contributed by atoms with Crippen molar-refractivity contribution in [2.24, 2.45) is 0 Å². The first kappa shape index (κ1) is 8.24. The maximum Gasteiger partial charge on any atom is 0.0625 e. The van der Waals surface area contributed by atoms with Crippen LogP contribution in [0.5, 0.6) is 0 Å². The molecule has 0 saturated carbocycles. The number of hydrogen-bond acceptors (Lipinski definition) is 2. The quantitative estimate of drug-likeness (QED) is 0.565. The maximum absolute atomic E-state index is 5.37. The lowest BCUT2D eigenvalue weighted by Gasteiger charge is -2.00. The van der Waals surface area contributed by atoms with Gasteiger partial charge >= 0.3 is 0 Å². The third-order valence-corrected chi connectivity index (χ3v) is 2.13. The Labute approximate surface area is 78.4 Å². The Hall–Kier alpha value is 0.140. The minimum atomic E-state index is 0.813. The van der Waals surface area contributed by atoms with Crippen molar-refractivity contribution in [1.82, 2.24) is 0 Å². The van der Waals surface area contributed by atoms with Gasteiger partial charge in [0.15, 0.2) is 0 Å². The van der Waals surface area contributed by atoms with E-state index in [0.29, 0.717) is 0 Å². The van der Waals surface area contributed by atoms with Crippen molar-refractivity contribution in [3.63, 3.8) is 0 Å². The lowest BCUT2D eigenvalue weighted by molar-refractivity contribution is 1.44. The fourth-order valence-corrected chi connectivity index (χ4v) is 1.62. The topological polar surface area (TPSA) is 12.0 Å².